The fourth-order valence-electron chi connectivity index (χ4n) is 1.51. The Balaban J connectivity index is 2.42. The number of ether oxygens (including phenoxy) is 1. The Morgan fingerprint density at radius 2 is 2.32 bits per heavy atom. The van der Waals surface area contributed by atoms with E-state index >= 15 is 0 Å². The maximum atomic E-state index is 11.7. The molecule has 1 aliphatic rings. The van der Waals surface area contributed by atoms with Crippen LogP contribution in [0.3, 0.4) is 0 Å². The molecule has 8 heteroatoms. The summed E-state index contributed by atoms with van der Waals surface area (Å²) in [6.45, 7) is 0.798. The van der Waals surface area contributed by atoms with E-state index in [1.54, 1.807) is 0 Å². The number of carbonyl (C=O) groups excluding carboxylic acids is 1. The molecule has 1 aliphatic heterocycles. The molecule has 0 N–H and O–H groups in total. The molecule has 0 aromatic heterocycles. The van der Waals surface area contributed by atoms with E-state index in [0.29, 0.717) is 19.5 Å². The summed E-state index contributed by atoms with van der Waals surface area (Å²) in [6.07, 6.45) is 4.79. The van der Waals surface area contributed by atoms with Gasteiger partial charge < -0.3 is 14.5 Å². The van der Waals surface area contributed by atoms with E-state index in [4.69, 9.17) is 4.74 Å². The Morgan fingerprint density at radius 3 is 2.95 bits per heavy atom. The molecule has 19 heavy (non-hydrogen) atoms. The van der Waals surface area contributed by atoms with Crippen molar-refractivity contribution in [2.45, 2.75) is 6.42 Å². The van der Waals surface area contributed by atoms with Crippen molar-refractivity contribution in [2.24, 2.45) is 5.16 Å². The molecular formula is C11H18N2O5S. The number of amides is 1. The lowest BCUT2D eigenvalue weighted by atomic mass is 10.1. The minimum absolute atomic E-state index is 0.126. The van der Waals surface area contributed by atoms with Gasteiger partial charge in [0.2, 0.25) is 0 Å². The average molecular weight is 290 g/mol. The van der Waals surface area contributed by atoms with Crippen molar-refractivity contribution in [1.29, 1.82) is 0 Å². The Hall–Kier alpha value is -1.57. The predicted molar refractivity (Wildman–Crippen MR) is 70.8 cm³/mol. The number of carbonyl (C=O) groups is 1. The topological polar surface area (TPSA) is 85.3 Å². The van der Waals surface area contributed by atoms with Crippen LogP contribution >= 0.6 is 0 Å². The van der Waals surface area contributed by atoms with Crippen molar-refractivity contribution in [1.82, 2.24) is 4.90 Å². The predicted octanol–water partition coefficient (Wildman–Crippen LogP) is 0.432. The maximum absolute atomic E-state index is 11.7. The van der Waals surface area contributed by atoms with Gasteiger partial charge in [-0.3, -0.25) is 0 Å². The summed E-state index contributed by atoms with van der Waals surface area (Å²) in [6, 6.07) is 0. The molecule has 0 spiro atoms. The van der Waals surface area contributed by atoms with Crippen LogP contribution in [0.2, 0.25) is 0 Å². The fraction of sp³-hybridized carbons (Fsp3) is 0.636. The number of oxime groups is 1. The summed E-state index contributed by atoms with van der Waals surface area (Å²) in [4.78, 5) is 17.8. The van der Waals surface area contributed by atoms with Crippen molar-refractivity contribution >= 4 is 22.1 Å². The Morgan fingerprint density at radius 1 is 1.58 bits per heavy atom. The van der Waals surface area contributed by atoms with E-state index in [1.807, 2.05) is 6.08 Å². The largest absolute Gasteiger partial charge is 0.448 e. The quantitative estimate of drug-likeness (QED) is 0.541. The first-order valence-corrected chi connectivity index (χ1v) is 7.83. The maximum Gasteiger partial charge on any atom is 0.410 e. The molecule has 0 aromatic rings. The minimum atomic E-state index is -3.12. The normalized spacial score (nSPS) is 16.3. The van der Waals surface area contributed by atoms with Crippen molar-refractivity contribution in [2.75, 3.05) is 38.8 Å². The molecule has 1 amide bonds. The van der Waals surface area contributed by atoms with E-state index in [1.165, 1.54) is 18.2 Å². The van der Waals surface area contributed by atoms with Crippen LogP contribution in [-0.4, -0.2) is 64.4 Å². The number of rotatable bonds is 5. The average Bonchev–Trinajstić information content (AvgIpc) is 2.35. The van der Waals surface area contributed by atoms with Crippen LogP contribution in [0.15, 0.2) is 16.8 Å². The second-order valence-electron chi connectivity index (χ2n) is 4.15. The van der Waals surface area contributed by atoms with Crippen LogP contribution in [0.25, 0.3) is 0 Å². The van der Waals surface area contributed by atoms with Gasteiger partial charge in [-0.1, -0.05) is 11.2 Å². The van der Waals surface area contributed by atoms with E-state index in [0.717, 1.165) is 11.8 Å². The molecule has 108 valence electrons. The molecule has 0 unspecified atom stereocenters. The van der Waals surface area contributed by atoms with Gasteiger partial charge in [-0.2, -0.15) is 0 Å². The zero-order chi connectivity index (χ0) is 14.3. The van der Waals surface area contributed by atoms with E-state index in [2.05, 4.69) is 9.99 Å². The highest BCUT2D eigenvalue weighted by Crippen LogP contribution is 2.09. The van der Waals surface area contributed by atoms with Crippen molar-refractivity contribution in [3.05, 3.63) is 11.6 Å². The molecule has 0 radical (unpaired) electrons. The molecule has 7 nitrogen and oxygen atoms in total. The van der Waals surface area contributed by atoms with Crippen molar-refractivity contribution in [3.63, 3.8) is 0 Å². The van der Waals surface area contributed by atoms with Gasteiger partial charge in [-0.05, 0) is 12.0 Å². The van der Waals surface area contributed by atoms with Gasteiger partial charge in [-0.25, -0.2) is 13.2 Å². The standard InChI is InChI=1S/C11H18N2O5S/c1-17-12-8-10-4-3-5-13(9-10)11(14)18-6-7-19(2,15)16/h4,8H,3,5-7,9H2,1-2H3/b12-8+. The second-order valence-corrected chi connectivity index (χ2v) is 6.41. The number of nitrogens with zero attached hydrogens (tertiary/aromatic N) is 2. The summed E-state index contributed by atoms with van der Waals surface area (Å²) in [7, 11) is -1.68. The number of sulfone groups is 1. The first-order chi connectivity index (χ1) is 8.92. The Bertz CT molecular complexity index is 469. The van der Waals surface area contributed by atoms with Gasteiger partial charge in [0.25, 0.3) is 0 Å². The monoisotopic (exact) mass is 290 g/mol. The molecule has 0 aliphatic carbocycles. The van der Waals surface area contributed by atoms with Crippen molar-refractivity contribution < 1.29 is 22.8 Å². The van der Waals surface area contributed by atoms with E-state index in [9.17, 15) is 13.2 Å². The molecule has 0 aromatic carbocycles. The Kier molecular flexibility index (Phi) is 5.81. The summed E-state index contributed by atoms with van der Waals surface area (Å²) in [5.41, 5.74) is 0.855. The molecule has 0 fully saturated rings. The molecule has 0 bridgehead atoms. The summed E-state index contributed by atoms with van der Waals surface area (Å²) < 4.78 is 26.7. The van der Waals surface area contributed by atoms with Gasteiger partial charge in [0.05, 0.1) is 18.5 Å². The molecular weight excluding hydrogens is 272 g/mol. The number of hydrogen-bond acceptors (Lipinski definition) is 6. The second kappa shape index (κ2) is 7.13. The van der Waals surface area contributed by atoms with E-state index < -0.39 is 15.9 Å². The van der Waals surface area contributed by atoms with Crippen LogP contribution in [-0.2, 0) is 19.4 Å². The van der Waals surface area contributed by atoms with Gasteiger partial charge in [0.15, 0.2) is 9.84 Å². The minimum Gasteiger partial charge on any atom is -0.448 e. The van der Waals surface area contributed by atoms with Gasteiger partial charge in [0, 0.05) is 12.8 Å². The third-order valence-corrected chi connectivity index (χ3v) is 3.35. The highest BCUT2D eigenvalue weighted by Gasteiger charge is 2.19. The molecule has 1 heterocycles. The first kappa shape index (κ1) is 15.5. The van der Waals surface area contributed by atoms with Crippen LogP contribution < -0.4 is 0 Å². The zero-order valence-corrected chi connectivity index (χ0v) is 11.9. The smallest absolute Gasteiger partial charge is 0.410 e. The van der Waals surface area contributed by atoms with Crippen molar-refractivity contribution in [3.8, 4) is 0 Å². The van der Waals surface area contributed by atoms with Crippen LogP contribution in [0.5, 0.6) is 0 Å². The molecule has 0 saturated carbocycles. The lowest BCUT2D eigenvalue weighted by Crippen LogP contribution is -2.37. The lowest BCUT2D eigenvalue weighted by Gasteiger charge is -2.25. The highest BCUT2D eigenvalue weighted by atomic mass is 32.2. The third-order valence-electron chi connectivity index (χ3n) is 2.44. The highest BCUT2D eigenvalue weighted by molar-refractivity contribution is 7.90. The van der Waals surface area contributed by atoms with E-state index in [-0.39, 0.29) is 12.4 Å². The van der Waals surface area contributed by atoms with Crippen LogP contribution in [0, 0.1) is 0 Å². The molecule has 1 rings (SSSR count). The van der Waals surface area contributed by atoms with Crippen LogP contribution in [0.4, 0.5) is 4.79 Å². The van der Waals surface area contributed by atoms with Crippen LogP contribution in [0.1, 0.15) is 6.42 Å². The fourth-order valence-corrected chi connectivity index (χ4v) is 1.90. The molecule has 0 atom stereocenters. The van der Waals surface area contributed by atoms with Gasteiger partial charge in [-0.15, -0.1) is 0 Å². The summed E-state index contributed by atoms with van der Waals surface area (Å²) in [5.74, 6) is -0.166. The van der Waals surface area contributed by atoms with Gasteiger partial charge >= 0.3 is 6.09 Å². The SMILES string of the molecule is CO/N=C/C1=CCCN(C(=O)OCCS(C)(=O)=O)C1. The molecule has 0 saturated heterocycles. The third kappa shape index (κ3) is 6.23. The lowest BCUT2D eigenvalue weighted by molar-refractivity contribution is 0.111. The zero-order valence-electron chi connectivity index (χ0n) is 11.0. The first-order valence-electron chi connectivity index (χ1n) is 5.77. The summed E-state index contributed by atoms with van der Waals surface area (Å²) in [5, 5.41) is 3.63. The number of hydrogen-bond donors (Lipinski definition) is 0. The Labute approximate surface area is 112 Å². The summed E-state index contributed by atoms with van der Waals surface area (Å²) >= 11 is 0. The van der Waals surface area contributed by atoms with Gasteiger partial charge in [0.1, 0.15) is 13.7 Å².